The van der Waals surface area contributed by atoms with Gasteiger partial charge in [-0.05, 0) is 0 Å². The molecule has 0 atom stereocenters. The molecule has 0 aliphatic carbocycles. The van der Waals surface area contributed by atoms with Gasteiger partial charge in [0.25, 0.3) is 0 Å². The number of ether oxygens (including phenoxy) is 1. The average Bonchev–Trinajstić information content (AvgIpc) is 2.62. The summed E-state index contributed by atoms with van der Waals surface area (Å²) in [6.07, 6.45) is 17.7. The topological polar surface area (TPSA) is 26.3 Å². The van der Waals surface area contributed by atoms with Crippen molar-refractivity contribution in [1.29, 1.82) is 0 Å². The molecule has 0 aliphatic heterocycles. The second-order valence-corrected chi connectivity index (χ2v) is 16.1. The molecule has 0 aromatic rings. The van der Waals surface area contributed by atoms with E-state index < -0.39 is 19.8 Å². The van der Waals surface area contributed by atoms with Crippen LogP contribution in [-0.4, -0.2) is 32.3 Å². The van der Waals surface area contributed by atoms with Crippen molar-refractivity contribution in [1.82, 2.24) is 0 Å². The van der Waals surface area contributed by atoms with Gasteiger partial charge in [-0.15, -0.1) is 0 Å². The number of carbonyl (C=O) groups excluding carboxylic acids is 1. The first-order chi connectivity index (χ1) is 12.2. The predicted molar refractivity (Wildman–Crippen MR) is 113 cm³/mol. The fourth-order valence-corrected chi connectivity index (χ4v) is 11.3. The van der Waals surface area contributed by atoms with Crippen molar-refractivity contribution in [2.75, 3.05) is 6.61 Å². The first kappa shape index (κ1) is 28.8. The van der Waals surface area contributed by atoms with Crippen LogP contribution in [0.25, 0.3) is 0 Å². The summed E-state index contributed by atoms with van der Waals surface area (Å²) in [5, 5.41) is 0. The van der Waals surface area contributed by atoms with Gasteiger partial charge in [-0.25, -0.2) is 0 Å². The van der Waals surface area contributed by atoms with E-state index in [1.807, 2.05) is 0 Å². The van der Waals surface area contributed by atoms with Gasteiger partial charge >= 0.3 is 146 Å². The van der Waals surface area contributed by atoms with Gasteiger partial charge in [0, 0.05) is 0 Å². The predicted octanol–water partition coefficient (Wildman–Crippen LogP) is 4.55. The van der Waals surface area contributed by atoms with Crippen molar-refractivity contribution in [2.45, 2.75) is 124 Å². The van der Waals surface area contributed by atoms with Crippen LogP contribution in [0.3, 0.4) is 0 Å². The van der Waals surface area contributed by atoms with Gasteiger partial charge < -0.3 is 12.4 Å². The molecule has 0 fully saturated rings. The van der Waals surface area contributed by atoms with Gasteiger partial charge in [0.05, 0.1) is 0 Å². The van der Waals surface area contributed by atoms with E-state index in [2.05, 4.69) is 20.8 Å². The Bertz CT molecular complexity index is 279. The number of carbonyl (C=O) groups is 1. The number of unbranched alkanes of at least 4 members (excludes halogenated alkanes) is 10. The SMILES string of the molecule is CCCCCCCCCCCC(=O)OC[CH2][Sn+]([CH2]CCC)[CH2]CCC.[Cl-]. The van der Waals surface area contributed by atoms with Gasteiger partial charge in [0.1, 0.15) is 0 Å². The van der Waals surface area contributed by atoms with Gasteiger partial charge in [0.2, 0.25) is 0 Å². The number of esters is 1. The Hall–Kier alpha value is 0.559. The minimum atomic E-state index is -1.25. The standard InChI is InChI=1S/C14H27O2.2C4H9.ClH.Sn/c1-3-5-6-7-8-9-10-11-12-13-14(15)16-4-2;2*1-3-4-2;;/h2-13H2,1H3;2*1,3-4H2,2H3;1H;/q;;;;+1/p-1. The Morgan fingerprint density at radius 1 is 0.654 bits per heavy atom. The van der Waals surface area contributed by atoms with Crippen LogP contribution in [0.4, 0.5) is 0 Å². The van der Waals surface area contributed by atoms with Crippen molar-refractivity contribution in [3.05, 3.63) is 0 Å². The third-order valence-corrected chi connectivity index (χ3v) is 13.6. The van der Waals surface area contributed by atoms with Gasteiger partial charge in [-0.3, -0.25) is 0 Å². The first-order valence-corrected chi connectivity index (χ1v) is 17.3. The van der Waals surface area contributed by atoms with Crippen LogP contribution in [0.5, 0.6) is 0 Å². The summed E-state index contributed by atoms with van der Waals surface area (Å²) in [7, 11) is 0. The smallest absolute Gasteiger partial charge is 1.00 e. The fraction of sp³-hybridized carbons (Fsp3) is 0.955. The molecule has 0 aromatic heterocycles. The quantitative estimate of drug-likeness (QED) is 0.149. The van der Waals surface area contributed by atoms with Crippen molar-refractivity contribution in [3.8, 4) is 0 Å². The maximum absolute atomic E-state index is 11.9. The maximum Gasteiger partial charge on any atom is -1.00 e. The molecule has 4 heteroatoms. The van der Waals surface area contributed by atoms with Crippen LogP contribution in [0.1, 0.15) is 111 Å². The Kier molecular flexibility index (Phi) is 26.1. The molecule has 0 aromatic carbocycles. The molecule has 156 valence electrons. The van der Waals surface area contributed by atoms with Crippen LogP contribution < -0.4 is 12.4 Å². The van der Waals surface area contributed by atoms with Crippen molar-refractivity contribution >= 4 is 25.7 Å². The van der Waals surface area contributed by atoms with E-state index in [9.17, 15) is 4.79 Å². The number of halogens is 1. The van der Waals surface area contributed by atoms with Crippen LogP contribution in [0, 0.1) is 0 Å². The molecule has 0 spiro atoms. The van der Waals surface area contributed by atoms with Crippen LogP contribution in [-0.2, 0) is 9.53 Å². The summed E-state index contributed by atoms with van der Waals surface area (Å²) in [5.41, 5.74) is 0. The second kappa shape index (κ2) is 23.6. The van der Waals surface area contributed by atoms with E-state index in [1.165, 1.54) is 90.4 Å². The summed E-state index contributed by atoms with van der Waals surface area (Å²) in [4.78, 5) is 11.9. The summed E-state index contributed by atoms with van der Waals surface area (Å²) in [5.74, 6) is 0.0525. The van der Waals surface area contributed by atoms with E-state index in [0.717, 1.165) is 13.0 Å². The summed E-state index contributed by atoms with van der Waals surface area (Å²) < 4.78 is 9.76. The fourth-order valence-electron chi connectivity index (χ4n) is 3.19. The van der Waals surface area contributed by atoms with Crippen LogP contribution in [0.2, 0.25) is 13.3 Å². The van der Waals surface area contributed by atoms with Crippen molar-refractivity contribution in [2.24, 2.45) is 0 Å². The van der Waals surface area contributed by atoms with E-state index >= 15 is 0 Å². The average molecular weight is 496 g/mol. The molecular formula is C22H45ClO2Sn. The zero-order chi connectivity index (χ0) is 18.6. The molecule has 2 nitrogen and oxygen atoms in total. The number of hydrogen-bond acceptors (Lipinski definition) is 2. The Morgan fingerprint density at radius 2 is 1.12 bits per heavy atom. The number of hydrogen-bond donors (Lipinski definition) is 0. The van der Waals surface area contributed by atoms with Crippen LogP contribution in [0.15, 0.2) is 0 Å². The molecule has 0 aliphatic rings. The van der Waals surface area contributed by atoms with Crippen molar-refractivity contribution < 1.29 is 21.9 Å². The van der Waals surface area contributed by atoms with E-state index in [4.69, 9.17) is 4.74 Å². The minimum Gasteiger partial charge on any atom is -1.00 e. The minimum absolute atomic E-state index is 0. The third kappa shape index (κ3) is 20.9. The molecule has 0 unspecified atom stereocenters. The Labute approximate surface area is 177 Å². The molecule has 0 amide bonds. The molecule has 0 heterocycles. The summed E-state index contributed by atoms with van der Waals surface area (Å²) in [6.45, 7) is 7.55. The molecule has 26 heavy (non-hydrogen) atoms. The zero-order valence-corrected chi connectivity index (χ0v) is 21.5. The monoisotopic (exact) mass is 496 g/mol. The molecule has 0 saturated heterocycles. The molecule has 0 radical (unpaired) electrons. The largest absolute Gasteiger partial charge is 1.00 e. The Balaban J connectivity index is 0. The molecular weight excluding hydrogens is 450 g/mol. The van der Waals surface area contributed by atoms with Gasteiger partial charge in [-0.2, -0.15) is 0 Å². The normalized spacial score (nSPS) is 10.4. The van der Waals surface area contributed by atoms with E-state index in [1.54, 1.807) is 0 Å². The molecule has 0 rings (SSSR count). The molecule has 0 bridgehead atoms. The third-order valence-electron chi connectivity index (χ3n) is 4.97. The maximum atomic E-state index is 11.9. The zero-order valence-electron chi connectivity index (χ0n) is 17.9. The van der Waals surface area contributed by atoms with Gasteiger partial charge in [0.15, 0.2) is 0 Å². The number of rotatable bonds is 19. The summed E-state index contributed by atoms with van der Waals surface area (Å²) >= 11 is -1.25. The van der Waals surface area contributed by atoms with Crippen molar-refractivity contribution in [3.63, 3.8) is 0 Å². The van der Waals surface area contributed by atoms with Crippen LogP contribution >= 0.6 is 0 Å². The van der Waals surface area contributed by atoms with E-state index in [-0.39, 0.29) is 18.4 Å². The molecule has 0 N–H and O–H groups in total. The van der Waals surface area contributed by atoms with E-state index in [0.29, 0.717) is 6.42 Å². The molecule has 0 saturated carbocycles. The first-order valence-electron chi connectivity index (χ1n) is 11.2. The van der Waals surface area contributed by atoms with Gasteiger partial charge in [-0.1, -0.05) is 19.8 Å². The second-order valence-electron chi connectivity index (χ2n) is 7.51. The Morgan fingerprint density at radius 3 is 1.62 bits per heavy atom. The summed E-state index contributed by atoms with van der Waals surface area (Å²) in [6, 6.07) is 0.